The molecule has 1 aliphatic carbocycles. The van der Waals surface area contributed by atoms with Crippen LogP contribution in [0, 0.1) is 5.92 Å². The van der Waals surface area contributed by atoms with Crippen LogP contribution in [0.25, 0.3) is 0 Å². The summed E-state index contributed by atoms with van der Waals surface area (Å²) in [4.78, 5) is 12.4. The number of rotatable bonds is 4. The van der Waals surface area contributed by atoms with E-state index < -0.39 is 0 Å². The topological polar surface area (TPSA) is 50.4 Å². The summed E-state index contributed by atoms with van der Waals surface area (Å²) in [5.41, 5.74) is 1.68. The van der Waals surface area contributed by atoms with Crippen molar-refractivity contribution in [3.63, 3.8) is 0 Å². The van der Waals surface area contributed by atoms with Crippen molar-refractivity contribution in [2.45, 2.75) is 51.7 Å². The van der Waals surface area contributed by atoms with Gasteiger partial charge in [0.15, 0.2) is 5.78 Å². The molecule has 3 atom stereocenters. The van der Waals surface area contributed by atoms with E-state index in [0.717, 1.165) is 23.5 Å². The first-order valence-corrected chi connectivity index (χ1v) is 8.44. The summed E-state index contributed by atoms with van der Waals surface area (Å²) in [7, 11) is 0. The number of Topliss-reactive ketones (excluding diaryl/α,β-unsaturated/α-hetero) is 1. The third-order valence-electron chi connectivity index (χ3n) is 4.85. The molecule has 3 unspecified atom stereocenters. The predicted molar refractivity (Wildman–Crippen MR) is 88.8 cm³/mol. The third-order valence-corrected chi connectivity index (χ3v) is 4.85. The Morgan fingerprint density at radius 2 is 2.14 bits per heavy atom. The van der Waals surface area contributed by atoms with Crippen molar-refractivity contribution >= 4 is 11.5 Å². The molecule has 2 N–H and O–H groups in total. The summed E-state index contributed by atoms with van der Waals surface area (Å²) in [6.07, 6.45) is 5.22. The average molecular weight is 302 g/mol. The molecule has 4 nitrogen and oxygen atoms in total. The maximum atomic E-state index is 12.4. The predicted octanol–water partition coefficient (Wildman–Crippen LogP) is 3.23. The molecule has 0 amide bonds. The SMILES string of the molecule is CC1CNc2cc(C(=O)CNC3CCCCC3C)ccc2O1. The zero-order valence-electron chi connectivity index (χ0n) is 13.5. The largest absolute Gasteiger partial charge is 0.487 e. The van der Waals surface area contributed by atoms with Crippen molar-refractivity contribution in [3.8, 4) is 5.75 Å². The monoisotopic (exact) mass is 302 g/mol. The van der Waals surface area contributed by atoms with Gasteiger partial charge in [-0.05, 0) is 43.9 Å². The molecule has 1 aliphatic heterocycles. The molecule has 2 aliphatic rings. The number of nitrogens with one attached hydrogen (secondary N) is 2. The number of hydrogen-bond donors (Lipinski definition) is 2. The standard InChI is InChI=1S/C18H26N2O2/c1-12-5-3-4-6-15(12)20-11-17(21)14-7-8-18-16(9-14)19-10-13(2)22-18/h7-9,12-13,15,19-20H,3-6,10-11H2,1-2H3. The number of benzene rings is 1. The molecular weight excluding hydrogens is 276 g/mol. The van der Waals surface area contributed by atoms with E-state index in [4.69, 9.17) is 4.74 Å². The van der Waals surface area contributed by atoms with Crippen molar-refractivity contribution < 1.29 is 9.53 Å². The molecule has 1 aromatic rings. The summed E-state index contributed by atoms with van der Waals surface area (Å²) < 4.78 is 5.75. The Labute approximate surface area is 132 Å². The van der Waals surface area contributed by atoms with Crippen LogP contribution in [0.2, 0.25) is 0 Å². The Kier molecular flexibility index (Phi) is 4.67. The highest BCUT2D eigenvalue weighted by atomic mass is 16.5. The number of carbonyl (C=O) groups excluding carboxylic acids is 1. The fourth-order valence-corrected chi connectivity index (χ4v) is 3.40. The molecule has 4 heteroatoms. The molecule has 1 saturated carbocycles. The average Bonchev–Trinajstić information content (AvgIpc) is 2.53. The summed E-state index contributed by atoms with van der Waals surface area (Å²) in [6, 6.07) is 6.16. The van der Waals surface area contributed by atoms with Crippen LogP contribution in [0.3, 0.4) is 0 Å². The van der Waals surface area contributed by atoms with Crippen LogP contribution in [-0.2, 0) is 0 Å². The number of ketones is 1. The molecule has 22 heavy (non-hydrogen) atoms. The zero-order chi connectivity index (χ0) is 15.5. The Morgan fingerprint density at radius 1 is 1.32 bits per heavy atom. The van der Waals surface area contributed by atoms with Gasteiger partial charge >= 0.3 is 0 Å². The minimum absolute atomic E-state index is 0.154. The molecular formula is C18H26N2O2. The highest BCUT2D eigenvalue weighted by Gasteiger charge is 2.22. The fourth-order valence-electron chi connectivity index (χ4n) is 3.40. The Balaban J connectivity index is 1.60. The molecule has 120 valence electrons. The first-order valence-electron chi connectivity index (χ1n) is 8.44. The van der Waals surface area contributed by atoms with Crippen LogP contribution < -0.4 is 15.4 Å². The lowest BCUT2D eigenvalue weighted by molar-refractivity contribution is 0.0980. The van der Waals surface area contributed by atoms with Crippen molar-refractivity contribution in [1.82, 2.24) is 5.32 Å². The second-order valence-electron chi connectivity index (χ2n) is 6.69. The molecule has 3 rings (SSSR count). The Hall–Kier alpha value is -1.55. The van der Waals surface area contributed by atoms with Crippen LogP contribution in [0.15, 0.2) is 18.2 Å². The van der Waals surface area contributed by atoms with Gasteiger partial charge in [-0.3, -0.25) is 4.79 Å². The van der Waals surface area contributed by atoms with E-state index in [1.54, 1.807) is 0 Å². The van der Waals surface area contributed by atoms with Crippen LogP contribution >= 0.6 is 0 Å². The lowest BCUT2D eigenvalue weighted by Gasteiger charge is -2.29. The van der Waals surface area contributed by atoms with E-state index in [1.165, 1.54) is 25.7 Å². The quantitative estimate of drug-likeness (QED) is 0.838. The molecule has 0 radical (unpaired) electrons. The van der Waals surface area contributed by atoms with E-state index in [-0.39, 0.29) is 11.9 Å². The van der Waals surface area contributed by atoms with Crippen LogP contribution in [0.5, 0.6) is 5.75 Å². The maximum absolute atomic E-state index is 12.4. The van der Waals surface area contributed by atoms with Gasteiger partial charge in [0.25, 0.3) is 0 Å². The second-order valence-corrected chi connectivity index (χ2v) is 6.69. The first kappa shape index (κ1) is 15.3. The minimum Gasteiger partial charge on any atom is -0.487 e. The summed E-state index contributed by atoms with van der Waals surface area (Å²) >= 11 is 0. The number of carbonyl (C=O) groups is 1. The molecule has 1 fully saturated rings. The van der Waals surface area contributed by atoms with Gasteiger partial charge in [0.2, 0.25) is 0 Å². The van der Waals surface area contributed by atoms with E-state index >= 15 is 0 Å². The minimum atomic E-state index is 0.154. The molecule has 0 spiro atoms. The van der Waals surface area contributed by atoms with Gasteiger partial charge in [0.05, 0.1) is 18.8 Å². The van der Waals surface area contributed by atoms with E-state index in [2.05, 4.69) is 17.6 Å². The van der Waals surface area contributed by atoms with Crippen molar-refractivity contribution in [3.05, 3.63) is 23.8 Å². The summed E-state index contributed by atoms with van der Waals surface area (Å²) in [5.74, 6) is 1.66. The Morgan fingerprint density at radius 3 is 2.95 bits per heavy atom. The molecule has 0 aromatic heterocycles. The normalized spacial score (nSPS) is 27.5. The van der Waals surface area contributed by atoms with Gasteiger partial charge < -0.3 is 15.4 Å². The Bertz CT molecular complexity index is 544. The molecule has 0 bridgehead atoms. The van der Waals surface area contributed by atoms with E-state index in [0.29, 0.717) is 18.5 Å². The highest BCUT2D eigenvalue weighted by molar-refractivity contribution is 5.98. The van der Waals surface area contributed by atoms with Crippen molar-refractivity contribution in [1.29, 1.82) is 0 Å². The molecule has 1 heterocycles. The van der Waals surface area contributed by atoms with Gasteiger partial charge in [-0.1, -0.05) is 19.8 Å². The number of fused-ring (bicyclic) bond motifs is 1. The first-order chi connectivity index (χ1) is 10.6. The number of anilines is 1. The number of hydrogen-bond acceptors (Lipinski definition) is 4. The highest BCUT2D eigenvalue weighted by Crippen LogP contribution is 2.30. The van der Waals surface area contributed by atoms with Gasteiger partial charge in [-0.15, -0.1) is 0 Å². The zero-order valence-corrected chi connectivity index (χ0v) is 13.5. The van der Waals surface area contributed by atoms with E-state index in [9.17, 15) is 4.79 Å². The van der Waals surface area contributed by atoms with Crippen LogP contribution in [0.1, 0.15) is 49.9 Å². The van der Waals surface area contributed by atoms with Crippen molar-refractivity contribution in [2.75, 3.05) is 18.4 Å². The van der Waals surface area contributed by atoms with Gasteiger partial charge in [0.1, 0.15) is 11.9 Å². The third kappa shape index (κ3) is 3.43. The lowest BCUT2D eigenvalue weighted by Crippen LogP contribution is -2.40. The van der Waals surface area contributed by atoms with Crippen LogP contribution in [-0.4, -0.2) is 31.0 Å². The maximum Gasteiger partial charge on any atom is 0.176 e. The lowest BCUT2D eigenvalue weighted by atomic mass is 9.86. The summed E-state index contributed by atoms with van der Waals surface area (Å²) in [5, 5.41) is 6.78. The van der Waals surface area contributed by atoms with Gasteiger partial charge in [-0.2, -0.15) is 0 Å². The molecule has 0 saturated heterocycles. The van der Waals surface area contributed by atoms with Gasteiger partial charge in [-0.25, -0.2) is 0 Å². The van der Waals surface area contributed by atoms with Gasteiger partial charge in [0, 0.05) is 11.6 Å². The number of ether oxygens (including phenoxy) is 1. The van der Waals surface area contributed by atoms with E-state index in [1.807, 2.05) is 25.1 Å². The summed E-state index contributed by atoms with van der Waals surface area (Å²) in [6.45, 7) is 5.51. The fraction of sp³-hybridized carbons (Fsp3) is 0.611. The smallest absolute Gasteiger partial charge is 0.176 e. The van der Waals surface area contributed by atoms with Crippen molar-refractivity contribution in [2.24, 2.45) is 5.92 Å². The second kappa shape index (κ2) is 6.69. The van der Waals surface area contributed by atoms with Crippen LogP contribution in [0.4, 0.5) is 5.69 Å². The molecule has 1 aromatic carbocycles.